The molecular weight excluding hydrogens is 140 g/mol. The molecule has 0 aliphatic carbocycles. The van der Waals surface area contributed by atoms with E-state index in [-0.39, 0.29) is 6.61 Å². The van der Waals surface area contributed by atoms with Crippen LogP contribution < -0.4 is 0 Å². The van der Waals surface area contributed by atoms with Gasteiger partial charge in [-0.3, -0.25) is 0 Å². The zero-order valence-corrected chi connectivity index (χ0v) is 6.07. The molecule has 0 aromatic carbocycles. The summed E-state index contributed by atoms with van der Waals surface area (Å²) in [6, 6.07) is 0. The van der Waals surface area contributed by atoms with Crippen molar-refractivity contribution in [2.24, 2.45) is 0 Å². The molecule has 0 saturated heterocycles. The fourth-order valence-electron chi connectivity index (χ4n) is 0.284. The van der Waals surface area contributed by atoms with Gasteiger partial charge in [-0.1, -0.05) is 5.57 Å². The molecule has 0 radical (unpaired) electrons. The summed E-state index contributed by atoms with van der Waals surface area (Å²) in [5, 5.41) is 0. The molecule has 1 atom stereocenters. The molecule has 4 heteroatoms. The Kier molecular flexibility index (Phi) is 4.57. The molecule has 0 heterocycles. The predicted octanol–water partition coefficient (Wildman–Crippen LogP) is 0.763. The summed E-state index contributed by atoms with van der Waals surface area (Å²) in [6.07, 6.45) is 0.591. The van der Waals surface area contributed by atoms with Crippen LogP contribution in [0.15, 0.2) is 12.2 Å². The molecule has 0 spiro atoms. The zero-order valence-electron chi connectivity index (χ0n) is 5.25. The summed E-state index contributed by atoms with van der Waals surface area (Å²) < 4.78 is 23.7. The highest BCUT2D eigenvalue weighted by molar-refractivity contribution is 7.74. The molecular formula is C5H9O3S-. The Bertz CT molecular complexity index is 107. The van der Waals surface area contributed by atoms with Gasteiger partial charge in [-0.05, 0) is 13.3 Å². The van der Waals surface area contributed by atoms with Gasteiger partial charge in [0.25, 0.3) is 0 Å². The van der Waals surface area contributed by atoms with Gasteiger partial charge in [0.1, 0.15) is 0 Å². The third-order valence-electron chi connectivity index (χ3n) is 0.708. The Morgan fingerprint density at radius 1 is 1.89 bits per heavy atom. The Morgan fingerprint density at radius 3 is 2.78 bits per heavy atom. The van der Waals surface area contributed by atoms with Crippen LogP contribution >= 0.6 is 0 Å². The Labute approximate surface area is 57.2 Å². The van der Waals surface area contributed by atoms with Crippen molar-refractivity contribution in [2.45, 2.75) is 13.3 Å². The van der Waals surface area contributed by atoms with Crippen molar-refractivity contribution in [3.05, 3.63) is 12.2 Å². The zero-order chi connectivity index (χ0) is 7.28. The molecule has 0 rings (SSSR count). The molecule has 54 valence electrons. The van der Waals surface area contributed by atoms with E-state index in [1.54, 1.807) is 0 Å². The molecule has 3 nitrogen and oxygen atoms in total. The SMILES string of the molecule is C=C(C)CCOS(=O)[O-]. The first-order valence-corrected chi connectivity index (χ1v) is 3.50. The van der Waals surface area contributed by atoms with Crippen LogP contribution in [0.3, 0.4) is 0 Å². The lowest BCUT2D eigenvalue weighted by molar-refractivity contribution is 0.304. The van der Waals surface area contributed by atoms with Gasteiger partial charge in [0.15, 0.2) is 0 Å². The lowest BCUT2D eigenvalue weighted by Gasteiger charge is -2.03. The van der Waals surface area contributed by atoms with Crippen molar-refractivity contribution < 1.29 is 12.9 Å². The maximum absolute atomic E-state index is 9.73. The molecule has 0 aliphatic rings. The first-order chi connectivity index (χ1) is 4.13. The lowest BCUT2D eigenvalue weighted by atomic mass is 10.3. The summed E-state index contributed by atoms with van der Waals surface area (Å²) in [5.41, 5.74) is 0.917. The third kappa shape index (κ3) is 7.81. The van der Waals surface area contributed by atoms with Gasteiger partial charge in [-0.15, -0.1) is 6.58 Å². The molecule has 0 bridgehead atoms. The molecule has 0 fully saturated rings. The fraction of sp³-hybridized carbons (Fsp3) is 0.600. The van der Waals surface area contributed by atoms with Crippen LogP contribution in [-0.2, 0) is 15.5 Å². The van der Waals surface area contributed by atoms with Crippen LogP contribution in [0, 0.1) is 0 Å². The van der Waals surface area contributed by atoms with Crippen LogP contribution in [0.2, 0.25) is 0 Å². The minimum atomic E-state index is -2.37. The highest BCUT2D eigenvalue weighted by Crippen LogP contribution is 1.95. The van der Waals surface area contributed by atoms with E-state index in [1.807, 2.05) is 6.92 Å². The van der Waals surface area contributed by atoms with Gasteiger partial charge in [-0.25, -0.2) is 4.21 Å². The number of hydrogen-bond donors (Lipinski definition) is 0. The summed E-state index contributed by atoms with van der Waals surface area (Å²) in [5.74, 6) is 0. The first-order valence-electron chi connectivity index (χ1n) is 2.50. The van der Waals surface area contributed by atoms with Gasteiger partial charge in [0.05, 0.1) is 18.0 Å². The van der Waals surface area contributed by atoms with Gasteiger partial charge in [0.2, 0.25) is 0 Å². The van der Waals surface area contributed by atoms with Gasteiger partial charge >= 0.3 is 0 Å². The topological polar surface area (TPSA) is 49.4 Å². The average molecular weight is 149 g/mol. The first kappa shape index (κ1) is 8.81. The minimum Gasteiger partial charge on any atom is -0.750 e. The summed E-state index contributed by atoms with van der Waals surface area (Å²) in [7, 11) is 0. The Balaban J connectivity index is 3.10. The van der Waals surface area contributed by atoms with Crippen LogP contribution in [0.25, 0.3) is 0 Å². The molecule has 0 amide bonds. The van der Waals surface area contributed by atoms with Crippen molar-refractivity contribution in [3.63, 3.8) is 0 Å². The van der Waals surface area contributed by atoms with Crippen LogP contribution in [-0.4, -0.2) is 15.4 Å². The van der Waals surface area contributed by atoms with Gasteiger partial charge < -0.3 is 8.74 Å². The normalized spacial score (nSPS) is 13.1. The van der Waals surface area contributed by atoms with E-state index < -0.39 is 11.4 Å². The monoisotopic (exact) mass is 149 g/mol. The largest absolute Gasteiger partial charge is 0.750 e. The van der Waals surface area contributed by atoms with E-state index >= 15 is 0 Å². The maximum Gasteiger partial charge on any atom is 0.0842 e. The standard InChI is InChI=1S/C5H10O3S/c1-5(2)3-4-8-9(6)7/h1,3-4H2,2H3,(H,6,7)/p-1. The maximum atomic E-state index is 9.73. The van der Waals surface area contributed by atoms with Crippen molar-refractivity contribution in [3.8, 4) is 0 Å². The minimum absolute atomic E-state index is 0.200. The second kappa shape index (κ2) is 4.67. The van der Waals surface area contributed by atoms with Gasteiger partial charge in [0, 0.05) is 0 Å². The quantitative estimate of drug-likeness (QED) is 0.438. The Hall–Kier alpha value is -0.190. The summed E-state index contributed by atoms with van der Waals surface area (Å²) in [4.78, 5) is 0. The van der Waals surface area contributed by atoms with Crippen LogP contribution in [0.4, 0.5) is 0 Å². The smallest absolute Gasteiger partial charge is 0.0842 e. The van der Waals surface area contributed by atoms with Crippen molar-refractivity contribution in [1.82, 2.24) is 0 Å². The molecule has 0 saturated carbocycles. The van der Waals surface area contributed by atoms with E-state index in [9.17, 15) is 8.76 Å². The van der Waals surface area contributed by atoms with E-state index in [1.165, 1.54) is 0 Å². The average Bonchev–Trinajstić information content (AvgIpc) is 1.63. The van der Waals surface area contributed by atoms with E-state index in [0.29, 0.717) is 6.42 Å². The fourth-order valence-corrected chi connectivity index (χ4v) is 0.503. The molecule has 1 unspecified atom stereocenters. The Morgan fingerprint density at radius 2 is 2.44 bits per heavy atom. The summed E-state index contributed by atoms with van der Waals surface area (Å²) in [6.45, 7) is 5.59. The van der Waals surface area contributed by atoms with Crippen molar-refractivity contribution in [1.29, 1.82) is 0 Å². The second-order valence-electron chi connectivity index (χ2n) is 1.73. The van der Waals surface area contributed by atoms with Crippen molar-refractivity contribution >= 4 is 11.4 Å². The van der Waals surface area contributed by atoms with Gasteiger partial charge in [-0.2, -0.15) is 0 Å². The van der Waals surface area contributed by atoms with E-state index in [4.69, 9.17) is 0 Å². The molecule has 0 N–H and O–H groups in total. The highest BCUT2D eigenvalue weighted by atomic mass is 32.2. The van der Waals surface area contributed by atoms with E-state index in [2.05, 4.69) is 10.8 Å². The predicted molar refractivity (Wildman–Crippen MR) is 34.3 cm³/mol. The molecule has 0 aliphatic heterocycles. The number of rotatable bonds is 4. The lowest BCUT2D eigenvalue weighted by Crippen LogP contribution is -1.97. The molecule has 9 heavy (non-hydrogen) atoms. The molecule has 0 aromatic rings. The highest BCUT2D eigenvalue weighted by Gasteiger charge is 1.86. The summed E-state index contributed by atoms with van der Waals surface area (Å²) >= 11 is -2.37. The third-order valence-corrected chi connectivity index (χ3v) is 1.07. The second-order valence-corrected chi connectivity index (χ2v) is 2.38. The van der Waals surface area contributed by atoms with Crippen LogP contribution in [0.1, 0.15) is 13.3 Å². The number of hydrogen-bond acceptors (Lipinski definition) is 3. The van der Waals surface area contributed by atoms with E-state index in [0.717, 1.165) is 5.57 Å². The van der Waals surface area contributed by atoms with Crippen molar-refractivity contribution in [2.75, 3.05) is 6.61 Å². The molecule has 0 aromatic heterocycles. The van der Waals surface area contributed by atoms with Crippen LogP contribution in [0.5, 0.6) is 0 Å².